The Morgan fingerprint density at radius 2 is 1.84 bits per heavy atom. The van der Waals surface area contributed by atoms with E-state index in [2.05, 4.69) is 4.98 Å². The molecule has 2 rings (SSSR count). The van der Waals surface area contributed by atoms with E-state index in [9.17, 15) is 9.18 Å². The average molecular weight is 321 g/mol. The number of halogens is 4. The van der Waals surface area contributed by atoms with E-state index in [4.69, 9.17) is 39.9 Å². The Morgan fingerprint density at radius 3 is 2.47 bits per heavy atom. The van der Waals surface area contributed by atoms with E-state index in [1.54, 1.807) is 0 Å². The fourth-order valence-corrected chi connectivity index (χ4v) is 2.31. The lowest BCUT2D eigenvalue weighted by Gasteiger charge is -2.10. The van der Waals surface area contributed by atoms with Crippen LogP contribution in [0.15, 0.2) is 24.5 Å². The highest BCUT2D eigenvalue weighted by molar-refractivity contribution is 6.45. The fourth-order valence-electron chi connectivity index (χ4n) is 1.61. The van der Waals surface area contributed by atoms with Crippen LogP contribution in [0, 0.1) is 5.82 Å². The number of aromatic nitrogens is 1. The molecule has 0 fully saturated rings. The van der Waals surface area contributed by atoms with E-state index in [1.165, 1.54) is 18.3 Å². The Kier molecular flexibility index (Phi) is 3.94. The number of carboxylic acid groups (broad SMARTS) is 1. The maximum atomic E-state index is 13.6. The third kappa shape index (κ3) is 2.66. The minimum absolute atomic E-state index is 0.0156. The van der Waals surface area contributed by atoms with Crippen LogP contribution >= 0.6 is 34.8 Å². The van der Waals surface area contributed by atoms with Gasteiger partial charge in [-0.25, -0.2) is 9.18 Å². The van der Waals surface area contributed by atoms with Crippen LogP contribution < -0.4 is 0 Å². The Bertz CT molecular complexity index is 676. The second kappa shape index (κ2) is 5.33. The normalized spacial score (nSPS) is 10.5. The van der Waals surface area contributed by atoms with Crippen LogP contribution in [0.1, 0.15) is 10.4 Å². The van der Waals surface area contributed by atoms with Crippen LogP contribution in [0.4, 0.5) is 4.39 Å². The summed E-state index contributed by atoms with van der Waals surface area (Å²) >= 11 is 17.7. The Labute approximate surface area is 122 Å². The third-order valence-electron chi connectivity index (χ3n) is 2.40. The molecule has 0 spiro atoms. The molecule has 1 aromatic heterocycles. The molecule has 0 atom stereocenters. The minimum atomic E-state index is -1.43. The zero-order valence-electron chi connectivity index (χ0n) is 9.12. The predicted octanol–water partition coefficient (Wildman–Crippen LogP) is 4.55. The largest absolute Gasteiger partial charge is 0.478 e. The highest BCUT2D eigenvalue weighted by Crippen LogP contribution is 2.38. The molecule has 0 unspecified atom stereocenters. The number of carboxylic acids is 1. The molecule has 0 saturated carbocycles. The number of pyridine rings is 1. The topological polar surface area (TPSA) is 50.2 Å². The van der Waals surface area contributed by atoms with Gasteiger partial charge in [-0.3, -0.25) is 4.98 Å². The van der Waals surface area contributed by atoms with Crippen LogP contribution in [0.2, 0.25) is 15.1 Å². The molecule has 7 heteroatoms. The first-order chi connectivity index (χ1) is 8.91. The first kappa shape index (κ1) is 14.1. The summed E-state index contributed by atoms with van der Waals surface area (Å²) in [6.07, 6.45) is 2.01. The molecule has 0 bridgehead atoms. The molecule has 98 valence electrons. The summed E-state index contributed by atoms with van der Waals surface area (Å²) in [5, 5.41) is 9.54. The van der Waals surface area contributed by atoms with Crippen LogP contribution in [0.3, 0.4) is 0 Å². The van der Waals surface area contributed by atoms with Gasteiger partial charge in [0.15, 0.2) is 5.82 Å². The molecule has 0 aliphatic rings. The van der Waals surface area contributed by atoms with E-state index in [1.807, 2.05) is 0 Å². The zero-order chi connectivity index (χ0) is 14.2. The lowest BCUT2D eigenvalue weighted by Crippen LogP contribution is -2.04. The highest BCUT2D eigenvalue weighted by Gasteiger charge is 2.20. The van der Waals surface area contributed by atoms with Crippen LogP contribution in [0.5, 0.6) is 0 Å². The summed E-state index contributed by atoms with van der Waals surface area (Å²) in [6, 6.07) is 2.81. The van der Waals surface area contributed by atoms with Gasteiger partial charge in [0.1, 0.15) is 5.56 Å². The summed E-state index contributed by atoms with van der Waals surface area (Å²) in [4.78, 5) is 14.7. The quantitative estimate of drug-likeness (QED) is 0.826. The van der Waals surface area contributed by atoms with Crippen molar-refractivity contribution in [1.29, 1.82) is 0 Å². The summed E-state index contributed by atoms with van der Waals surface area (Å²) < 4.78 is 13.6. The Balaban J connectivity index is 2.80. The summed E-state index contributed by atoms with van der Waals surface area (Å²) in [7, 11) is 0. The lowest BCUT2D eigenvalue weighted by atomic mass is 10.0. The minimum Gasteiger partial charge on any atom is -0.478 e. The van der Waals surface area contributed by atoms with E-state index in [-0.39, 0.29) is 26.2 Å². The van der Waals surface area contributed by atoms with Crippen LogP contribution in [-0.2, 0) is 0 Å². The van der Waals surface area contributed by atoms with E-state index in [0.29, 0.717) is 0 Å². The highest BCUT2D eigenvalue weighted by atomic mass is 35.5. The van der Waals surface area contributed by atoms with Gasteiger partial charge in [-0.15, -0.1) is 0 Å². The maximum absolute atomic E-state index is 13.6. The second-order valence-corrected chi connectivity index (χ2v) is 4.82. The number of rotatable bonds is 2. The molecular formula is C12H5Cl3FNO2. The van der Waals surface area contributed by atoms with Crippen LogP contribution in [0.25, 0.3) is 11.1 Å². The number of aromatic carboxylic acids is 1. The van der Waals surface area contributed by atoms with Crippen molar-refractivity contribution < 1.29 is 14.3 Å². The predicted molar refractivity (Wildman–Crippen MR) is 71.6 cm³/mol. The van der Waals surface area contributed by atoms with Gasteiger partial charge in [-0.2, -0.15) is 0 Å². The van der Waals surface area contributed by atoms with Crippen molar-refractivity contribution in [3.63, 3.8) is 0 Å². The molecule has 0 saturated heterocycles. The lowest BCUT2D eigenvalue weighted by molar-refractivity contribution is 0.0692. The molecule has 2 aromatic rings. The van der Waals surface area contributed by atoms with Crippen molar-refractivity contribution in [3.8, 4) is 11.1 Å². The Hall–Kier alpha value is -1.36. The van der Waals surface area contributed by atoms with E-state index >= 15 is 0 Å². The molecule has 19 heavy (non-hydrogen) atoms. The summed E-state index contributed by atoms with van der Waals surface area (Å²) in [5.74, 6) is -2.39. The number of carbonyl (C=O) groups is 1. The SMILES string of the molecule is O=C(O)c1c(F)cncc1-c1cc(Cl)cc(Cl)c1Cl. The van der Waals surface area contributed by atoms with Crippen molar-refractivity contribution in [1.82, 2.24) is 4.98 Å². The van der Waals surface area contributed by atoms with E-state index in [0.717, 1.165) is 6.20 Å². The van der Waals surface area contributed by atoms with Gasteiger partial charge >= 0.3 is 5.97 Å². The first-order valence-electron chi connectivity index (χ1n) is 4.93. The van der Waals surface area contributed by atoms with Gasteiger partial charge in [-0.05, 0) is 12.1 Å². The maximum Gasteiger partial charge on any atom is 0.339 e. The number of nitrogens with zero attached hydrogens (tertiary/aromatic N) is 1. The monoisotopic (exact) mass is 319 g/mol. The van der Waals surface area contributed by atoms with Gasteiger partial charge in [0, 0.05) is 22.3 Å². The second-order valence-electron chi connectivity index (χ2n) is 3.60. The number of hydrogen-bond donors (Lipinski definition) is 1. The van der Waals surface area contributed by atoms with Crippen molar-refractivity contribution in [2.75, 3.05) is 0 Å². The molecule has 1 N–H and O–H groups in total. The van der Waals surface area contributed by atoms with Gasteiger partial charge in [0.05, 0.1) is 16.2 Å². The molecule has 3 nitrogen and oxygen atoms in total. The molecule has 1 heterocycles. The fraction of sp³-hybridized carbons (Fsp3) is 0. The van der Waals surface area contributed by atoms with Gasteiger partial charge in [-0.1, -0.05) is 34.8 Å². The van der Waals surface area contributed by atoms with Crippen molar-refractivity contribution in [2.45, 2.75) is 0 Å². The summed E-state index contributed by atoms with van der Waals surface area (Å²) in [6.45, 7) is 0. The molecule has 0 aliphatic carbocycles. The molecule has 0 aliphatic heterocycles. The number of benzene rings is 1. The molecule has 0 radical (unpaired) electrons. The first-order valence-corrected chi connectivity index (χ1v) is 6.07. The third-order valence-corrected chi connectivity index (χ3v) is 3.42. The summed E-state index contributed by atoms with van der Waals surface area (Å²) in [5.41, 5.74) is -0.305. The standard InChI is InChI=1S/C12H5Cl3FNO2/c13-5-1-6(11(15)8(14)2-5)7-3-17-4-9(16)10(7)12(18)19/h1-4H,(H,18,19). The van der Waals surface area contributed by atoms with Gasteiger partial charge in [0.25, 0.3) is 0 Å². The molecular weight excluding hydrogens is 315 g/mol. The van der Waals surface area contributed by atoms with Gasteiger partial charge in [0.2, 0.25) is 0 Å². The van der Waals surface area contributed by atoms with Crippen LogP contribution in [-0.4, -0.2) is 16.1 Å². The smallest absolute Gasteiger partial charge is 0.339 e. The average Bonchev–Trinajstić information content (AvgIpc) is 2.33. The zero-order valence-corrected chi connectivity index (χ0v) is 11.4. The molecule has 1 aromatic carbocycles. The van der Waals surface area contributed by atoms with Crippen molar-refractivity contribution in [2.24, 2.45) is 0 Å². The van der Waals surface area contributed by atoms with Crippen molar-refractivity contribution in [3.05, 3.63) is 51.0 Å². The number of hydrogen-bond acceptors (Lipinski definition) is 2. The van der Waals surface area contributed by atoms with E-state index < -0.39 is 17.3 Å². The molecule has 0 amide bonds. The van der Waals surface area contributed by atoms with Gasteiger partial charge < -0.3 is 5.11 Å². The van der Waals surface area contributed by atoms with Crippen molar-refractivity contribution >= 4 is 40.8 Å². The Morgan fingerprint density at radius 1 is 1.16 bits per heavy atom.